The van der Waals surface area contributed by atoms with Crippen molar-refractivity contribution < 1.29 is 0 Å². The number of hydrogen-bond donors (Lipinski definition) is 4. The molecule has 0 spiro atoms. The van der Waals surface area contributed by atoms with Gasteiger partial charge in [-0.1, -0.05) is 51.3 Å². The topological polar surface area (TPSA) is 91.7 Å². The summed E-state index contributed by atoms with van der Waals surface area (Å²) in [7, 11) is 1.90. The van der Waals surface area contributed by atoms with Crippen molar-refractivity contribution in [3.63, 3.8) is 0 Å². The van der Waals surface area contributed by atoms with Crippen molar-refractivity contribution in [2.45, 2.75) is 56.9 Å². The van der Waals surface area contributed by atoms with Crippen molar-refractivity contribution >= 4 is 29.2 Å². The van der Waals surface area contributed by atoms with Gasteiger partial charge in [-0.15, -0.1) is 5.10 Å². The van der Waals surface area contributed by atoms with Crippen LogP contribution in [0.2, 0.25) is 0 Å². The van der Waals surface area contributed by atoms with E-state index < -0.39 is 0 Å². The monoisotopic (exact) mass is 414 g/mol. The largest absolute Gasteiger partial charge is 0.382 e. The molecule has 29 heavy (non-hydrogen) atoms. The number of rotatable bonds is 7. The second-order valence-corrected chi connectivity index (χ2v) is 7.74. The number of nitrogens with two attached hydrogens (primary N) is 2. The zero-order chi connectivity index (χ0) is 21.1. The maximum atomic E-state index is 6.36. The summed E-state index contributed by atoms with van der Waals surface area (Å²) in [5.74, 6) is 6.48. The van der Waals surface area contributed by atoms with Gasteiger partial charge in [0.2, 0.25) is 0 Å². The number of amidine groups is 1. The highest BCUT2D eigenvalue weighted by Crippen LogP contribution is 2.27. The Hall–Kier alpha value is -2.22. The highest BCUT2D eigenvalue weighted by molar-refractivity contribution is 7.97. The Labute approximate surface area is 179 Å². The molecule has 2 aromatic rings. The number of nitrogens with zero attached hydrogens (tertiary/aromatic N) is 2. The molecule has 0 bridgehead atoms. The smallest absolute Gasteiger partial charge is 0.154 e. The van der Waals surface area contributed by atoms with E-state index in [9.17, 15) is 0 Å². The molecule has 1 aliphatic carbocycles. The van der Waals surface area contributed by atoms with E-state index in [1.54, 1.807) is 11.9 Å². The lowest BCUT2D eigenvalue weighted by atomic mass is 9.95. The van der Waals surface area contributed by atoms with E-state index in [4.69, 9.17) is 11.6 Å². The molecule has 1 fully saturated rings. The average molecular weight is 415 g/mol. The molecule has 0 unspecified atom stereocenters. The lowest BCUT2D eigenvalue weighted by Gasteiger charge is -2.25. The maximum absolute atomic E-state index is 6.36. The third-order valence-corrected chi connectivity index (χ3v) is 5.38. The summed E-state index contributed by atoms with van der Waals surface area (Å²) in [5, 5.41) is 9.39. The molecule has 0 amide bonds. The van der Waals surface area contributed by atoms with Gasteiger partial charge in [-0.2, -0.15) is 5.12 Å². The SMILES string of the molecule is CC.CNSc1ccc(NC2CCCCC2)c(/C(N)=N/N(N)c2ccccc2)c1. The van der Waals surface area contributed by atoms with Crippen molar-refractivity contribution in [2.75, 3.05) is 17.5 Å². The molecule has 0 saturated heterocycles. The van der Waals surface area contributed by atoms with E-state index >= 15 is 0 Å². The van der Waals surface area contributed by atoms with Crippen LogP contribution >= 0.6 is 11.9 Å². The normalized spacial score (nSPS) is 14.7. The fourth-order valence-electron chi connectivity index (χ4n) is 3.32. The lowest BCUT2D eigenvalue weighted by Crippen LogP contribution is -2.30. The molecule has 7 heteroatoms. The van der Waals surface area contributed by atoms with E-state index in [0.29, 0.717) is 11.9 Å². The first kappa shape index (κ1) is 23.1. The Kier molecular flexibility index (Phi) is 9.83. The number of hydrazine groups is 1. The molecule has 0 aromatic heterocycles. The minimum atomic E-state index is 0.387. The van der Waals surface area contributed by atoms with Gasteiger partial charge < -0.3 is 11.1 Å². The number of para-hydroxylation sites is 1. The molecule has 158 valence electrons. The molecular weight excluding hydrogens is 380 g/mol. The predicted octanol–water partition coefficient (Wildman–Crippen LogP) is 4.68. The van der Waals surface area contributed by atoms with E-state index in [2.05, 4.69) is 27.3 Å². The zero-order valence-electron chi connectivity index (χ0n) is 17.7. The van der Waals surface area contributed by atoms with Crippen LogP contribution in [0.3, 0.4) is 0 Å². The van der Waals surface area contributed by atoms with Crippen LogP contribution in [0.1, 0.15) is 51.5 Å². The van der Waals surface area contributed by atoms with Crippen molar-refractivity contribution in [3.05, 3.63) is 54.1 Å². The first-order chi connectivity index (χ1) is 14.2. The lowest BCUT2D eigenvalue weighted by molar-refractivity contribution is 0.462. The van der Waals surface area contributed by atoms with Crippen molar-refractivity contribution in [3.8, 4) is 0 Å². The molecule has 2 aromatic carbocycles. The van der Waals surface area contributed by atoms with Crippen molar-refractivity contribution in [1.82, 2.24) is 4.72 Å². The Morgan fingerprint density at radius 1 is 1.07 bits per heavy atom. The quantitative estimate of drug-likeness (QED) is 0.173. The van der Waals surface area contributed by atoms with E-state index in [-0.39, 0.29) is 0 Å². The van der Waals surface area contributed by atoms with Crippen molar-refractivity contribution in [2.24, 2.45) is 16.7 Å². The average Bonchev–Trinajstić information content (AvgIpc) is 2.77. The summed E-state index contributed by atoms with van der Waals surface area (Å²) in [4.78, 5) is 1.07. The van der Waals surface area contributed by atoms with Gasteiger partial charge in [0.15, 0.2) is 5.84 Å². The van der Waals surface area contributed by atoms with Gasteiger partial charge in [-0.05, 0) is 62.2 Å². The van der Waals surface area contributed by atoms with Crippen molar-refractivity contribution in [1.29, 1.82) is 0 Å². The molecule has 0 radical (unpaired) electrons. The van der Waals surface area contributed by atoms with Crippen LogP contribution in [-0.4, -0.2) is 18.9 Å². The number of anilines is 2. The number of hydrazone groups is 1. The molecule has 1 aliphatic rings. The molecule has 6 nitrogen and oxygen atoms in total. The number of benzene rings is 2. The van der Waals surface area contributed by atoms with Crippen LogP contribution in [0.5, 0.6) is 0 Å². The van der Waals surface area contributed by atoms with Gasteiger partial charge in [0, 0.05) is 22.2 Å². The van der Waals surface area contributed by atoms with E-state index in [0.717, 1.165) is 21.8 Å². The summed E-state index contributed by atoms with van der Waals surface area (Å²) in [6.07, 6.45) is 6.25. The van der Waals surface area contributed by atoms with E-state index in [1.165, 1.54) is 37.2 Å². The molecular formula is C22H34N6S. The maximum Gasteiger partial charge on any atom is 0.154 e. The molecule has 0 heterocycles. The Morgan fingerprint density at radius 3 is 2.41 bits per heavy atom. The fourth-order valence-corrected chi connectivity index (χ4v) is 3.87. The second kappa shape index (κ2) is 12.4. The molecule has 1 saturated carbocycles. The predicted molar refractivity (Wildman–Crippen MR) is 127 cm³/mol. The van der Waals surface area contributed by atoms with Gasteiger partial charge in [-0.25, -0.2) is 5.84 Å². The van der Waals surface area contributed by atoms with Gasteiger partial charge in [-0.3, -0.25) is 4.72 Å². The Balaban J connectivity index is 0.00000145. The summed E-state index contributed by atoms with van der Waals surface area (Å²) < 4.78 is 3.10. The van der Waals surface area contributed by atoms with Crippen LogP contribution < -0.4 is 26.7 Å². The third-order valence-electron chi connectivity index (χ3n) is 4.69. The summed E-state index contributed by atoms with van der Waals surface area (Å²) >= 11 is 1.54. The first-order valence-electron chi connectivity index (χ1n) is 10.4. The van der Waals surface area contributed by atoms with Gasteiger partial charge >= 0.3 is 0 Å². The molecule has 6 N–H and O–H groups in total. The molecule has 3 rings (SSSR count). The zero-order valence-corrected chi connectivity index (χ0v) is 18.5. The van der Waals surface area contributed by atoms with Crippen LogP contribution in [0.25, 0.3) is 0 Å². The standard InChI is InChI=1S/C20H28N6S.C2H6/c1-23-27-17-12-13-19(24-15-8-4-2-5-9-15)18(14-17)20(21)25-26(22)16-10-6-3-7-11-16;1-2/h3,6-7,10-15,23-24H,2,4-5,8-9,22H2,1H3,(H2,21,25);1-2H3. The highest BCUT2D eigenvalue weighted by Gasteiger charge is 2.16. The second-order valence-electron chi connectivity index (χ2n) is 6.66. The molecule has 0 aliphatic heterocycles. The van der Waals surface area contributed by atoms with E-state index in [1.807, 2.05) is 57.3 Å². The first-order valence-corrected chi connectivity index (χ1v) is 11.2. The Bertz CT molecular complexity index is 759. The number of nitrogens with one attached hydrogen (secondary N) is 2. The summed E-state index contributed by atoms with van der Waals surface area (Å²) in [5.41, 5.74) is 9.02. The minimum absolute atomic E-state index is 0.387. The minimum Gasteiger partial charge on any atom is -0.382 e. The fraction of sp³-hybridized carbons (Fsp3) is 0.409. The summed E-state index contributed by atoms with van der Waals surface area (Å²) in [6.45, 7) is 4.00. The van der Waals surface area contributed by atoms with Gasteiger partial charge in [0.1, 0.15) is 0 Å². The Morgan fingerprint density at radius 2 is 1.76 bits per heavy atom. The molecule has 0 atom stereocenters. The number of hydrogen-bond acceptors (Lipinski definition) is 6. The van der Waals surface area contributed by atoms with Gasteiger partial charge in [0.05, 0.1) is 5.69 Å². The highest BCUT2D eigenvalue weighted by atomic mass is 32.2. The van der Waals surface area contributed by atoms with Crippen LogP contribution in [0.4, 0.5) is 11.4 Å². The van der Waals surface area contributed by atoms with Crippen LogP contribution in [0, 0.1) is 0 Å². The summed E-state index contributed by atoms with van der Waals surface area (Å²) in [6, 6.07) is 16.3. The van der Waals surface area contributed by atoms with Crippen LogP contribution in [-0.2, 0) is 0 Å². The van der Waals surface area contributed by atoms with Crippen LogP contribution in [0.15, 0.2) is 58.5 Å². The third kappa shape index (κ3) is 6.96. The van der Waals surface area contributed by atoms with Gasteiger partial charge in [0.25, 0.3) is 0 Å².